The van der Waals surface area contributed by atoms with Crippen molar-refractivity contribution in [2.75, 3.05) is 38.2 Å². The van der Waals surface area contributed by atoms with Crippen LogP contribution in [0.1, 0.15) is 42.7 Å². The van der Waals surface area contributed by atoms with E-state index in [1.807, 2.05) is 51.1 Å². The first-order valence-electron chi connectivity index (χ1n) is 10.4. The Kier molecular flexibility index (Phi) is 7.24. The molecule has 0 aliphatic carbocycles. The summed E-state index contributed by atoms with van der Waals surface area (Å²) in [5.74, 6) is -0.251. The molecule has 0 saturated carbocycles. The Hall–Kier alpha value is -2.70. The lowest BCUT2D eigenvalue weighted by Crippen LogP contribution is -2.43. The zero-order valence-electron chi connectivity index (χ0n) is 18.0. The molecular formula is C24H31N3O3. The van der Waals surface area contributed by atoms with Crippen molar-refractivity contribution >= 4 is 17.5 Å². The van der Waals surface area contributed by atoms with Gasteiger partial charge in [-0.3, -0.25) is 14.5 Å². The van der Waals surface area contributed by atoms with Gasteiger partial charge < -0.3 is 15.4 Å². The minimum absolute atomic E-state index is 0.0884. The minimum atomic E-state index is -0.505. The zero-order chi connectivity index (χ0) is 21.6. The van der Waals surface area contributed by atoms with Crippen molar-refractivity contribution in [3.63, 3.8) is 0 Å². The molecule has 6 nitrogen and oxygen atoms in total. The van der Waals surface area contributed by atoms with Crippen LogP contribution in [0.3, 0.4) is 0 Å². The second kappa shape index (κ2) is 9.87. The second-order valence-corrected chi connectivity index (χ2v) is 8.63. The highest BCUT2D eigenvalue weighted by Gasteiger charge is 2.23. The van der Waals surface area contributed by atoms with Crippen molar-refractivity contribution in [3.05, 3.63) is 65.7 Å². The van der Waals surface area contributed by atoms with Crippen LogP contribution in [0.25, 0.3) is 0 Å². The molecule has 2 aromatic carbocycles. The zero-order valence-corrected chi connectivity index (χ0v) is 18.0. The number of hydrogen-bond acceptors (Lipinski definition) is 4. The number of hydrogen-bond donors (Lipinski definition) is 2. The molecule has 0 radical (unpaired) electrons. The standard InChI is InChI=1S/C24H31N3O3/c1-24(2,3)23(29)25-20-11-7-10-19(16-20)22(28)26-21(18-8-5-4-6-9-18)17-27-12-14-30-15-13-27/h4-11,16,21H,12-15,17H2,1-3H3,(H,25,29)(H,26,28). The van der Waals surface area contributed by atoms with E-state index in [1.165, 1.54) is 0 Å². The number of carbonyl (C=O) groups is 2. The van der Waals surface area contributed by atoms with Crippen molar-refractivity contribution in [1.29, 1.82) is 0 Å². The van der Waals surface area contributed by atoms with Crippen LogP contribution in [0, 0.1) is 5.41 Å². The van der Waals surface area contributed by atoms with E-state index in [-0.39, 0.29) is 17.9 Å². The SMILES string of the molecule is CC(C)(C)C(=O)Nc1cccc(C(=O)NC(CN2CCOCC2)c2ccccc2)c1. The first kappa shape index (κ1) is 22.0. The molecule has 160 valence electrons. The maximum absolute atomic E-state index is 13.0. The van der Waals surface area contributed by atoms with Gasteiger partial charge in [-0.1, -0.05) is 57.2 Å². The monoisotopic (exact) mass is 409 g/mol. The number of anilines is 1. The highest BCUT2D eigenvalue weighted by molar-refractivity contribution is 5.98. The fourth-order valence-electron chi connectivity index (χ4n) is 3.26. The number of benzene rings is 2. The summed E-state index contributed by atoms with van der Waals surface area (Å²) in [5.41, 5.74) is 1.70. The summed E-state index contributed by atoms with van der Waals surface area (Å²) in [4.78, 5) is 27.6. The average molecular weight is 410 g/mol. The molecule has 0 spiro atoms. The van der Waals surface area contributed by atoms with Crippen LogP contribution < -0.4 is 10.6 Å². The van der Waals surface area contributed by atoms with E-state index in [4.69, 9.17) is 4.74 Å². The lowest BCUT2D eigenvalue weighted by Gasteiger charge is -2.31. The number of nitrogens with zero attached hydrogens (tertiary/aromatic N) is 1. The summed E-state index contributed by atoms with van der Waals surface area (Å²) in [7, 11) is 0. The van der Waals surface area contributed by atoms with Crippen molar-refractivity contribution in [2.24, 2.45) is 5.41 Å². The van der Waals surface area contributed by atoms with E-state index in [0.29, 0.717) is 24.5 Å². The molecule has 2 aromatic rings. The average Bonchev–Trinajstić information content (AvgIpc) is 2.74. The van der Waals surface area contributed by atoms with Crippen LogP contribution in [0.2, 0.25) is 0 Å². The summed E-state index contributed by atoms with van der Waals surface area (Å²) in [6.45, 7) is 9.43. The van der Waals surface area contributed by atoms with Crippen LogP contribution in [0.5, 0.6) is 0 Å². The Bertz CT molecular complexity index is 855. The molecule has 2 N–H and O–H groups in total. The molecule has 3 rings (SSSR count). The summed E-state index contributed by atoms with van der Waals surface area (Å²) in [5, 5.41) is 6.06. The minimum Gasteiger partial charge on any atom is -0.379 e. The van der Waals surface area contributed by atoms with E-state index < -0.39 is 5.41 Å². The molecule has 6 heteroatoms. The molecule has 1 heterocycles. The highest BCUT2D eigenvalue weighted by atomic mass is 16.5. The third kappa shape index (κ3) is 6.15. The summed E-state index contributed by atoms with van der Waals surface area (Å²) in [6, 6.07) is 16.9. The number of amides is 2. The maximum Gasteiger partial charge on any atom is 0.251 e. The molecule has 1 saturated heterocycles. The molecule has 1 aliphatic rings. The van der Waals surface area contributed by atoms with E-state index in [2.05, 4.69) is 15.5 Å². The number of rotatable bonds is 6. The number of carbonyl (C=O) groups excluding carboxylic acids is 2. The summed E-state index contributed by atoms with van der Waals surface area (Å²) in [6.07, 6.45) is 0. The lowest BCUT2D eigenvalue weighted by atomic mass is 9.95. The van der Waals surface area contributed by atoms with Gasteiger partial charge in [-0.2, -0.15) is 0 Å². The molecule has 1 aliphatic heterocycles. The predicted octanol–water partition coefficient (Wildman–Crippen LogP) is 3.47. The van der Waals surface area contributed by atoms with Gasteiger partial charge in [0.25, 0.3) is 5.91 Å². The Morgan fingerprint density at radius 3 is 2.40 bits per heavy atom. The number of ether oxygens (including phenoxy) is 1. The molecular weight excluding hydrogens is 378 g/mol. The van der Waals surface area contributed by atoms with E-state index in [1.54, 1.807) is 24.3 Å². The third-order valence-electron chi connectivity index (χ3n) is 5.12. The van der Waals surface area contributed by atoms with Crippen molar-refractivity contribution in [2.45, 2.75) is 26.8 Å². The number of morpholine rings is 1. The van der Waals surface area contributed by atoms with Crippen molar-refractivity contribution in [3.8, 4) is 0 Å². The third-order valence-corrected chi connectivity index (χ3v) is 5.12. The van der Waals surface area contributed by atoms with Gasteiger partial charge in [0.05, 0.1) is 19.3 Å². The molecule has 2 amide bonds. The molecule has 1 fully saturated rings. The molecule has 0 bridgehead atoms. The molecule has 30 heavy (non-hydrogen) atoms. The van der Waals surface area contributed by atoms with E-state index >= 15 is 0 Å². The van der Waals surface area contributed by atoms with Crippen LogP contribution >= 0.6 is 0 Å². The summed E-state index contributed by atoms with van der Waals surface area (Å²) < 4.78 is 5.44. The number of nitrogens with one attached hydrogen (secondary N) is 2. The van der Waals surface area contributed by atoms with Gasteiger partial charge >= 0.3 is 0 Å². The normalized spacial score (nSPS) is 16.0. The van der Waals surface area contributed by atoms with Gasteiger partial charge in [-0.05, 0) is 23.8 Å². The van der Waals surface area contributed by atoms with Crippen molar-refractivity contribution in [1.82, 2.24) is 10.2 Å². The van der Waals surface area contributed by atoms with Crippen LogP contribution in [-0.4, -0.2) is 49.6 Å². The van der Waals surface area contributed by atoms with Crippen LogP contribution in [0.15, 0.2) is 54.6 Å². The fourth-order valence-corrected chi connectivity index (χ4v) is 3.26. The first-order valence-corrected chi connectivity index (χ1v) is 10.4. The van der Waals surface area contributed by atoms with E-state index in [9.17, 15) is 9.59 Å². The quantitative estimate of drug-likeness (QED) is 0.766. The predicted molar refractivity (Wildman–Crippen MR) is 118 cm³/mol. The Morgan fingerprint density at radius 1 is 1.03 bits per heavy atom. The van der Waals surface area contributed by atoms with Gasteiger partial charge in [0.1, 0.15) is 0 Å². The van der Waals surface area contributed by atoms with Gasteiger partial charge in [-0.25, -0.2) is 0 Å². The summed E-state index contributed by atoms with van der Waals surface area (Å²) >= 11 is 0. The Labute approximate surface area is 178 Å². The van der Waals surface area contributed by atoms with Gasteiger partial charge in [0.2, 0.25) is 5.91 Å². The first-order chi connectivity index (χ1) is 14.3. The second-order valence-electron chi connectivity index (χ2n) is 8.63. The van der Waals surface area contributed by atoms with Gasteiger partial charge in [-0.15, -0.1) is 0 Å². The van der Waals surface area contributed by atoms with Gasteiger partial charge in [0, 0.05) is 36.3 Å². The molecule has 1 atom stereocenters. The topological polar surface area (TPSA) is 70.7 Å². The molecule has 1 unspecified atom stereocenters. The van der Waals surface area contributed by atoms with Crippen LogP contribution in [0.4, 0.5) is 5.69 Å². The smallest absolute Gasteiger partial charge is 0.251 e. The Morgan fingerprint density at radius 2 is 1.73 bits per heavy atom. The largest absolute Gasteiger partial charge is 0.379 e. The Balaban J connectivity index is 1.73. The molecule has 0 aromatic heterocycles. The van der Waals surface area contributed by atoms with E-state index in [0.717, 1.165) is 25.2 Å². The fraction of sp³-hybridized carbons (Fsp3) is 0.417. The van der Waals surface area contributed by atoms with Gasteiger partial charge in [0.15, 0.2) is 0 Å². The lowest BCUT2D eigenvalue weighted by molar-refractivity contribution is -0.123. The maximum atomic E-state index is 13.0. The van der Waals surface area contributed by atoms with Crippen molar-refractivity contribution < 1.29 is 14.3 Å². The van der Waals surface area contributed by atoms with Crippen LogP contribution in [-0.2, 0) is 9.53 Å². The highest BCUT2D eigenvalue weighted by Crippen LogP contribution is 2.20.